The topological polar surface area (TPSA) is 43.8 Å². The van der Waals surface area contributed by atoms with Crippen molar-refractivity contribution >= 4 is 6.09 Å². The number of nitrogens with zero attached hydrogens (tertiary/aromatic N) is 2. The third-order valence-electron chi connectivity index (χ3n) is 2.91. The first-order valence-corrected chi connectivity index (χ1v) is 5.31. The lowest BCUT2D eigenvalue weighted by Crippen LogP contribution is -2.34. The minimum atomic E-state index is -0.844. The van der Waals surface area contributed by atoms with Crippen LogP contribution < -0.4 is 0 Å². The molecule has 2 rings (SSSR count). The lowest BCUT2D eigenvalue weighted by molar-refractivity contribution is 0.120. The van der Waals surface area contributed by atoms with Crippen molar-refractivity contribution in [3.05, 3.63) is 35.4 Å². The van der Waals surface area contributed by atoms with Crippen LogP contribution in [0.15, 0.2) is 24.3 Å². The Bertz CT molecular complexity index is 404. The number of carbonyl (C=O) groups is 1. The molecule has 0 saturated carbocycles. The summed E-state index contributed by atoms with van der Waals surface area (Å²) in [6.07, 6.45) is -0.844. The molecule has 0 fully saturated rings. The first-order chi connectivity index (χ1) is 7.59. The molecule has 86 valence electrons. The molecule has 1 aromatic carbocycles. The first kappa shape index (κ1) is 11.0. The zero-order chi connectivity index (χ0) is 11.7. The van der Waals surface area contributed by atoms with Crippen LogP contribution in [0.5, 0.6) is 0 Å². The van der Waals surface area contributed by atoms with E-state index in [1.54, 1.807) is 0 Å². The zero-order valence-electron chi connectivity index (χ0n) is 9.55. The number of benzene rings is 1. The van der Waals surface area contributed by atoms with Crippen LogP contribution in [0.3, 0.4) is 0 Å². The summed E-state index contributed by atoms with van der Waals surface area (Å²) >= 11 is 0. The highest BCUT2D eigenvalue weighted by atomic mass is 16.4. The third-order valence-corrected chi connectivity index (χ3v) is 2.91. The molecule has 0 aliphatic carbocycles. The third kappa shape index (κ3) is 1.88. The van der Waals surface area contributed by atoms with Crippen LogP contribution in [0.4, 0.5) is 4.79 Å². The minimum absolute atomic E-state index is 0.0382. The summed E-state index contributed by atoms with van der Waals surface area (Å²) in [6, 6.07) is 7.90. The summed E-state index contributed by atoms with van der Waals surface area (Å²) in [7, 11) is 3.92. The Morgan fingerprint density at radius 1 is 1.50 bits per heavy atom. The number of amides is 1. The number of hydrogen-bond acceptors (Lipinski definition) is 2. The number of carboxylic acid groups (broad SMARTS) is 1. The lowest BCUT2D eigenvalue weighted by atomic mass is 10.0. The van der Waals surface area contributed by atoms with Crippen molar-refractivity contribution in [2.24, 2.45) is 0 Å². The van der Waals surface area contributed by atoms with Gasteiger partial charge in [0.05, 0.1) is 12.6 Å². The molecule has 4 heteroatoms. The molecule has 0 radical (unpaired) electrons. The number of likely N-dealkylation sites (N-methyl/N-ethyl adjacent to an activating group) is 1. The Morgan fingerprint density at radius 3 is 2.81 bits per heavy atom. The molecule has 0 bridgehead atoms. The predicted molar refractivity (Wildman–Crippen MR) is 61.3 cm³/mol. The second-order valence-electron chi connectivity index (χ2n) is 4.39. The quantitative estimate of drug-likeness (QED) is 0.826. The van der Waals surface area contributed by atoms with Gasteiger partial charge in [-0.3, -0.25) is 4.90 Å². The molecule has 0 aromatic heterocycles. The molecular weight excluding hydrogens is 204 g/mol. The fourth-order valence-electron chi connectivity index (χ4n) is 2.21. The van der Waals surface area contributed by atoms with Crippen LogP contribution in [0, 0.1) is 0 Å². The van der Waals surface area contributed by atoms with Gasteiger partial charge in [0, 0.05) is 6.54 Å². The van der Waals surface area contributed by atoms with Gasteiger partial charge in [-0.15, -0.1) is 0 Å². The maximum atomic E-state index is 11.2. The van der Waals surface area contributed by atoms with Gasteiger partial charge in [-0.25, -0.2) is 4.79 Å². The Morgan fingerprint density at radius 2 is 2.19 bits per heavy atom. The van der Waals surface area contributed by atoms with E-state index in [0.29, 0.717) is 6.54 Å². The average Bonchev–Trinajstić information content (AvgIpc) is 2.57. The van der Waals surface area contributed by atoms with Crippen molar-refractivity contribution in [3.8, 4) is 0 Å². The SMILES string of the molecule is CN(C)CC1c2ccccc2CN1C(=O)O. The maximum Gasteiger partial charge on any atom is 0.408 e. The summed E-state index contributed by atoms with van der Waals surface area (Å²) in [4.78, 5) is 14.7. The molecule has 16 heavy (non-hydrogen) atoms. The Kier molecular flexibility index (Phi) is 2.83. The Hall–Kier alpha value is -1.55. The van der Waals surface area contributed by atoms with Gasteiger partial charge < -0.3 is 10.0 Å². The van der Waals surface area contributed by atoms with Crippen molar-refractivity contribution < 1.29 is 9.90 Å². The van der Waals surface area contributed by atoms with E-state index in [2.05, 4.69) is 0 Å². The molecule has 1 atom stereocenters. The van der Waals surface area contributed by atoms with Crippen molar-refractivity contribution in [2.75, 3.05) is 20.6 Å². The van der Waals surface area contributed by atoms with Crippen LogP contribution in [-0.4, -0.2) is 41.6 Å². The molecule has 1 unspecified atom stereocenters. The number of hydrogen-bond donors (Lipinski definition) is 1. The van der Waals surface area contributed by atoms with E-state index in [1.165, 1.54) is 4.90 Å². The Balaban J connectivity index is 2.32. The average molecular weight is 220 g/mol. The first-order valence-electron chi connectivity index (χ1n) is 5.31. The van der Waals surface area contributed by atoms with Gasteiger partial charge in [0.2, 0.25) is 0 Å². The normalized spacial score (nSPS) is 18.9. The maximum absolute atomic E-state index is 11.2. The summed E-state index contributed by atoms with van der Waals surface area (Å²) in [5.41, 5.74) is 2.26. The van der Waals surface area contributed by atoms with E-state index in [-0.39, 0.29) is 6.04 Å². The van der Waals surface area contributed by atoms with Crippen molar-refractivity contribution in [2.45, 2.75) is 12.6 Å². The van der Waals surface area contributed by atoms with Gasteiger partial charge in [0.15, 0.2) is 0 Å². The van der Waals surface area contributed by atoms with Gasteiger partial charge in [-0.2, -0.15) is 0 Å². The van der Waals surface area contributed by atoms with Crippen molar-refractivity contribution in [1.82, 2.24) is 9.80 Å². The van der Waals surface area contributed by atoms with Gasteiger partial charge in [-0.05, 0) is 25.2 Å². The number of rotatable bonds is 2. The highest BCUT2D eigenvalue weighted by Gasteiger charge is 2.33. The molecule has 1 aromatic rings. The minimum Gasteiger partial charge on any atom is -0.465 e. The molecule has 1 aliphatic heterocycles. The smallest absolute Gasteiger partial charge is 0.408 e. The highest BCUT2D eigenvalue weighted by Crippen LogP contribution is 2.33. The molecule has 1 amide bonds. The molecule has 0 saturated heterocycles. The summed E-state index contributed by atoms with van der Waals surface area (Å²) in [5.74, 6) is 0. The highest BCUT2D eigenvalue weighted by molar-refractivity contribution is 5.67. The summed E-state index contributed by atoms with van der Waals surface area (Å²) in [6.45, 7) is 1.23. The van der Waals surface area contributed by atoms with E-state index < -0.39 is 6.09 Å². The van der Waals surface area contributed by atoms with E-state index in [4.69, 9.17) is 0 Å². The fourth-order valence-corrected chi connectivity index (χ4v) is 2.21. The second-order valence-corrected chi connectivity index (χ2v) is 4.39. The molecule has 4 nitrogen and oxygen atoms in total. The lowest BCUT2D eigenvalue weighted by Gasteiger charge is -2.25. The van der Waals surface area contributed by atoms with E-state index in [1.807, 2.05) is 43.3 Å². The summed E-state index contributed by atoms with van der Waals surface area (Å²) in [5, 5.41) is 9.18. The molecule has 0 spiro atoms. The van der Waals surface area contributed by atoms with E-state index in [0.717, 1.165) is 17.7 Å². The van der Waals surface area contributed by atoms with Gasteiger partial charge in [0.1, 0.15) is 0 Å². The Labute approximate surface area is 95.1 Å². The molecule has 1 heterocycles. The molecular formula is C12H16N2O2. The standard InChI is InChI=1S/C12H16N2O2/c1-13(2)8-11-10-6-4-3-5-9(10)7-14(11)12(15)16/h3-6,11H,7-8H2,1-2H3,(H,15,16). The summed E-state index contributed by atoms with van der Waals surface area (Å²) < 4.78 is 0. The van der Waals surface area contributed by atoms with E-state index >= 15 is 0 Å². The van der Waals surface area contributed by atoms with Gasteiger partial charge in [0.25, 0.3) is 0 Å². The molecule has 1 N–H and O–H groups in total. The predicted octanol–water partition coefficient (Wildman–Crippen LogP) is 1.78. The van der Waals surface area contributed by atoms with Crippen molar-refractivity contribution in [1.29, 1.82) is 0 Å². The van der Waals surface area contributed by atoms with Gasteiger partial charge >= 0.3 is 6.09 Å². The molecule has 1 aliphatic rings. The van der Waals surface area contributed by atoms with Crippen LogP contribution in [-0.2, 0) is 6.54 Å². The van der Waals surface area contributed by atoms with Crippen LogP contribution in [0.2, 0.25) is 0 Å². The second kappa shape index (κ2) is 4.14. The largest absolute Gasteiger partial charge is 0.465 e. The van der Waals surface area contributed by atoms with Crippen LogP contribution >= 0.6 is 0 Å². The van der Waals surface area contributed by atoms with Crippen LogP contribution in [0.25, 0.3) is 0 Å². The fraction of sp³-hybridized carbons (Fsp3) is 0.417. The van der Waals surface area contributed by atoms with Crippen molar-refractivity contribution in [3.63, 3.8) is 0 Å². The van der Waals surface area contributed by atoms with Crippen LogP contribution in [0.1, 0.15) is 17.2 Å². The van der Waals surface area contributed by atoms with Gasteiger partial charge in [-0.1, -0.05) is 24.3 Å². The van der Waals surface area contributed by atoms with E-state index in [9.17, 15) is 9.90 Å². The number of fused-ring (bicyclic) bond motifs is 1. The zero-order valence-corrected chi connectivity index (χ0v) is 9.55. The monoisotopic (exact) mass is 220 g/mol.